The smallest absolute Gasteiger partial charge is 0.227 e. The predicted molar refractivity (Wildman–Crippen MR) is 153 cm³/mol. The van der Waals surface area contributed by atoms with Gasteiger partial charge in [-0.1, -0.05) is 89.1 Å². The van der Waals surface area contributed by atoms with Crippen molar-refractivity contribution in [2.75, 3.05) is 0 Å². The van der Waals surface area contributed by atoms with Gasteiger partial charge in [0.1, 0.15) is 5.75 Å². The third-order valence-corrected chi connectivity index (χ3v) is 9.85. The van der Waals surface area contributed by atoms with Gasteiger partial charge in [-0.3, -0.25) is 0 Å². The molecule has 0 heterocycles. The molecule has 3 aromatic carbocycles. The van der Waals surface area contributed by atoms with Crippen LogP contribution in [0.25, 0.3) is 10.8 Å². The Labute approximate surface area is 223 Å². The van der Waals surface area contributed by atoms with E-state index in [2.05, 4.69) is 94.4 Å². The molecule has 196 valence electrons. The fourth-order valence-corrected chi connectivity index (χ4v) is 7.75. The average molecular weight is 497 g/mol. The first-order valence-electron chi connectivity index (χ1n) is 14.9. The van der Waals surface area contributed by atoms with E-state index in [1.165, 1.54) is 54.9 Å². The van der Waals surface area contributed by atoms with Crippen molar-refractivity contribution in [3.8, 4) is 5.75 Å². The minimum atomic E-state index is -0.372. The molecule has 2 heteroatoms. The summed E-state index contributed by atoms with van der Waals surface area (Å²) in [5.41, 5.74) is 2.54. The van der Waals surface area contributed by atoms with Crippen LogP contribution in [-0.2, 0) is 4.74 Å². The first-order chi connectivity index (χ1) is 18.0. The van der Waals surface area contributed by atoms with Gasteiger partial charge in [0.05, 0.1) is 6.10 Å². The van der Waals surface area contributed by atoms with Gasteiger partial charge in [-0.15, -0.1) is 0 Å². The summed E-state index contributed by atoms with van der Waals surface area (Å²) in [5, 5.41) is 2.50. The summed E-state index contributed by atoms with van der Waals surface area (Å²) in [7, 11) is 0. The number of benzene rings is 3. The molecule has 0 spiro atoms. The highest BCUT2D eigenvalue weighted by Gasteiger charge is 2.62. The second kappa shape index (κ2) is 10.4. The molecule has 0 amide bonds. The van der Waals surface area contributed by atoms with Crippen LogP contribution in [0.2, 0.25) is 0 Å². The van der Waals surface area contributed by atoms with Crippen molar-refractivity contribution in [3.63, 3.8) is 0 Å². The molecule has 7 atom stereocenters. The zero-order valence-electron chi connectivity index (χ0n) is 23.1. The summed E-state index contributed by atoms with van der Waals surface area (Å²) in [6.45, 7) is 9.34. The lowest BCUT2D eigenvalue weighted by atomic mass is 9.46. The highest BCUT2D eigenvalue weighted by molar-refractivity contribution is 5.83. The van der Waals surface area contributed by atoms with Crippen molar-refractivity contribution >= 4 is 10.8 Å². The normalized spacial score (nSPS) is 27.9. The Kier molecular flexibility index (Phi) is 7.05. The van der Waals surface area contributed by atoms with E-state index < -0.39 is 0 Å². The van der Waals surface area contributed by atoms with Crippen molar-refractivity contribution in [2.45, 2.75) is 84.5 Å². The Morgan fingerprint density at radius 1 is 0.757 bits per heavy atom. The Morgan fingerprint density at radius 2 is 1.49 bits per heavy atom. The third kappa shape index (κ3) is 4.94. The topological polar surface area (TPSA) is 18.5 Å². The molecule has 6 rings (SSSR count). The monoisotopic (exact) mass is 496 g/mol. The van der Waals surface area contributed by atoms with Gasteiger partial charge >= 0.3 is 0 Å². The molecular formula is C35H44O2. The van der Waals surface area contributed by atoms with Gasteiger partial charge in [0.15, 0.2) is 0 Å². The second-order valence-electron chi connectivity index (χ2n) is 12.9. The van der Waals surface area contributed by atoms with Gasteiger partial charge in [0.2, 0.25) is 6.29 Å². The van der Waals surface area contributed by atoms with Crippen LogP contribution in [0.5, 0.6) is 5.75 Å². The molecule has 3 aliphatic carbocycles. The average Bonchev–Trinajstić information content (AvgIpc) is 3.28. The fraction of sp³-hybridized carbons (Fsp3) is 0.543. The van der Waals surface area contributed by atoms with E-state index in [0.717, 1.165) is 40.9 Å². The number of rotatable bonds is 10. The van der Waals surface area contributed by atoms with E-state index in [4.69, 9.17) is 9.47 Å². The van der Waals surface area contributed by atoms with E-state index >= 15 is 0 Å². The summed E-state index contributed by atoms with van der Waals surface area (Å²) >= 11 is 0. The van der Waals surface area contributed by atoms with Crippen LogP contribution in [0.3, 0.4) is 0 Å². The maximum atomic E-state index is 6.83. The Morgan fingerprint density at radius 3 is 2.24 bits per heavy atom. The molecule has 0 N–H and O–H groups in total. The van der Waals surface area contributed by atoms with Crippen molar-refractivity contribution in [3.05, 3.63) is 77.9 Å². The predicted octanol–water partition coefficient (Wildman–Crippen LogP) is 9.54. The van der Waals surface area contributed by atoms with Gasteiger partial charge in [-0.2, -0.15) is 0 Å². The van der Waals surface area contributed by atoms with Crippen LogP contribution in [0.15, 0.2) is 66.7 Å². The van der Waals surface area contributed by atoms with Crippen molar-refractivity contribution in [1.29, 1.82) is 0 Å². The van der Waals surface area contributed by atoms with Crippen molar-refractivity contribution < 1.29 is 9.47 Å². The molecule has 3 aliphatic rings. The van der Waals surface area contributed by atoms with Gasteiger partial charge in [0, 0.05) is 5.56 Å². The molecule has 0 radical (unpaired) electrons. The number of fused-ring (bicyclic) bond motifs is 5. The SMILES string of the molecule is CC(C)CCC(c1ccc(OC(OC2CC3C4CCCC4C23)c2ccc3ccccc3c2)cc1)C(C)C. The van der Waals surface area contributed by atoms with Crippen molar-refractivity contribution in [2.24, 2.45) is 35.5 Å². The van der Waals surface area contributed by atoms with Gasteiger partial charge in [0.25, 0.3) is 0 Å². The third-order valence-electron chi connectivity index (χ3n) is 9.85. The zero-order chi connectivity index (χ0) is 25.5. The molecule has 2 nitrogen and oxygen atoms in total. The van der Waals surface area contributed by atoms with Crippen LogP contribution in [0.1, 0.15) is 89.6 Å². The second-order valence-corrected chi connectivity index (χ2v) is 12.9. The standard InChI is InChI=1S/C35H44O2/c1-22(2)12-19-29(23(3)4)25-15-17-28(18-16-25)36-35(27-14-13-24-8-5-6-9-26(24)20-27)37-33-21-32-30-10-7-11-31(30)34(32)33/h5-6,8-9,13-18,20,22-23,29-35H,7,10-12,19,21H2,1-4H3. The van der Waals surface area contributed by atoms with Crippen LogP contribution in [0, 0.1) is 35.5 Å². The minimum absolute atomic E-state index is 0.335. The molecule has 3 aromatic rings. The Bertz CT molecular complexity index is 1200. The molecule has 7 unspecified atom stereocenters. The highest BCUT2D eigenvalue weighted by atomic mass is 16.7. The van der Waals surface area contributed by atoms with Gasteiger partial charge in [-0.25, -0.2) is 0 Å². The minimum Gasteiger partial charge on any atom is -0.461 e. The number of hydrogen-bond donors (Lipinski definition) is 0. The molecule has 37 heavy (non-hydrogen) atoms. The Hall–Kier alpha value is -2.32. The van der Waals surface area contributed by atoms with Crippen LogP contribution in [-0.4, -0.2) is 6.10 Å². The number of hydrogen-bond acceptors (Lipinski definition) is 2. The summed E-state index contributed by atoms with van der Waals surface area (Å²) in [6.07, 6.45) is 7.96. The molecule has 0 aliphatic heterocycles. The largest absolute Gasteiger partial charge is 0.461 e. The first-order valence-corrected chi connectivity index (χ1v) is 14.9. The van der Waals surface area contributed by atoms with Gasteiger partial charge < -0.3 is 9.47 Å². The van der Waals surface area contributed by atoms with Crippen LogP contribution >= 0.6 is 0 Å². The quantitative estimate of drug-likeness (QED) is 0.260. The lowest BCUT2D eigenvalue weighted by Crippen LogP contribution is -2.60. The lowest BCUT2D eigenvalue weighted by molar-refractivity contribution is -0.249. The van der Waals surface area contributed by atoms with Crippen molar-refractivity contribution in [1.82, 2.24) is 0 Å². The number of ether oxygens (including phenoxy) is 2. The molecule has 0 bridgehead atoms. The van der Waals surface area contributed by atoms with Crippen LogP contribution < -0.4 is 4.74 Å². The molecule has 0 aromatic heterocycles. The fourth-order valence-electron chi connectivity index (χ4n) is 7.75. The Balaban J connectivity index is 1.21. The molecule has 3 fully saturated rings. The first kappa shape index (κ1) is 25.0. The maximum Gasteiger partial charge on any atom is 0.227 e. The van der Waals surface area contributed by atoms with E-state index in [9.17, 15) is 0 Å². The molecule has 0 saturated heterocycles. The summed E-state index contributed by atoms with van der Waals surface area (Å²) in [4.78, 5) is 0. The summed E-state index contributed by atoms with van der Waals surface area (Å²) < 4.78 is 13.5. The summed E-state index contributed by atoms with van der Waals surface area (Å²) in [5.74, 6) is 6.42. The van der Waals surface area contributed by atoms with E-state index in [1.54, 1.807) is 0 Å². The van der Waals surface area contributed by atoms with E-state index in [-0.39, 0.29) is 6.29 Å². The molecular weight excluding hydrogens is 452 g/mol. The lowest BCUT2D eigenvalue weighted by Gasteiger charge is -2.61. The maximum absolute atomic E-state index is 6.83. The van der Waals surface area contributed by atoms with E-state index in [0.29, 0.717) is 17.9 Å². The van der Waals surface area contributed by atoms with E-state index in [1.807, 2.05) is 0 Å². The highest BCUT2D eigenvalue weighted by Crippen LogP contribution is 2.65. The zero-order valence-corrected chi connectivity index (χ0v) is 23.1. The summed E-state index contributed by atoms with van der Waals surface area (Å²) in [6, 6.07) is 24.1. The molecule has 3 saturated carbocycles. The van der Waals surface area contributed by atoms with Crippen LogP contribution in [0.4, 0.5) is 0 Å². The van der Waals surface area contributed by atoms with Gasteiger partial charge in [-0.05, 0) is 102 Å².